The van der Waals surface area contributed by atoms with E-state index in [1.807, 2.05) is 0 Å². The number of rotatable bonds is 6. The summed E-state index contributed by atoms with van der Waals surface area (Å²) < 4.78 is 32.0. The van der Waals surface area contributed by atoms with Crippen molar-refractivity contribution in [2.24, 2.45) is 0 Å². The molecule has 108 valence electrons. The Labute approximate surface area is 122 Å². The predicted molar refractivity (Wildman–Crippen MR) is 75.5 cm³/mol. The van der Waals surface area contributed by atoms with Gasteiger partial charge in [0.1, 0.15) is 10.6 Å². The third kappa shape index (κ3) is 3.50. The quantitative estimate of drug-likeness (QED) is 0.848. The van der Waals surface area contributed by atoms with E-state index in [2.05, 4.69) is 14.9 Å². The molecular weight excluding hydrogens is 302 g/mol. The summed E-state index contributed by atoms with van der Waals surface area (Å²) in [6, 6.07) is 6.24. The third-order valence-electron chi connectivity index (χ3n) is 2.66. The molecule has 1 aromatic carbocycles. The van der Waals surface area contributed by atoms with E-state index in [1.54, 1.807) is 18.3 Å². The molecule has 0 fully saturated rings. The van der Waals surface area contributed by atoms with Crippen molar-refractivity contribution in [1.82, 2.24) is 14.9 Å². The molecule has 0 aliphatic carbocycles. The minimum absolute atomic E-state index is 0.0251. The monoisotopic (exact) mass is 315 g/mol. The molecule has 0 aliphatic rings. The van der Waals surface area contributed by atoms with Gasteiger partial charge in [0.05, 0.1) is 7.11 Å². The van der Waals surface area contributed by atoms with E-state index < -0.39 is 10.0 Å². The molecule has 0 radical (unpaired) electrons. The van der Waals surface area contributed by atoms with E-state index in [1.165, 1.54) is 19.2 Å². The smallest absolute Gasteiger partial charge is 0.244 e. The van der Waals surface area contributed by atoms with E-state index in [4.69, 9.17) is 16.3 Å². The molecule has 20 heavy (non-hydrogen) atoms. The Kier molecular flexibility index (Phi) is 4.64. The summed E-state index contributed by atoms with van der Waals surface area (Å²) in [5.74, 6) is 0.253. The van der Waals surface area contributed by atoms with Crippen LogP contribution in [0.15, 0.2) is 35.4 Å². The highest BCUT2D eigenvalue weighted by molar-refractivity contribution is 7.89. The standard InChI is InChI=1S/C12H14ClN3O3S/c1-19-11-3-2-9(13)8-12(11)20(17,18)15-7-5-10-4-6-14-16-10/h2-4,6,8,15H,5,7H2,1H3,(H,14,16). The second-order valence-corrected chi connectivity index (χ2v) is 6.20. The number of hydrogen-bond acceptors (Lipinski definition) is 4. The molecule has 0 bridgehead atoms. The van der Waals surface area contributed by atoms with E-state index >= 15 is 0 Å². The SMILES string of the molecule is COc1ccc(Cl)cc1S(=O)(=O)NCCc1ccn[nH]1. The van der Waals surface area contributed by atoms with Gasteiger partial charge in [-0.1, -0.05) is 11.6 Å². The largest absolute Gasteiger partial charge is 0.495 e. The van der Waals surface area contributed by atoms with E-state index in [9.17, 15) is 8.42 Å². The molecule has 0 saturated carbocycles. The number of benzene rings is 1. The van der Waals surface area contributed by atoms with Crippen molar-refractivity contribution in [3.05, 3.63) is 41.2 Å². The zero-order valence-corrected chi connectivity index (χ0v) is 12.3. The van der Waals surface area contributed by atoms with Crippen LogP contribution in [0.25, 0.3) is 0 Å². The summed E-state index contributed by atoms with van der Waals surface area (Å²) in [5, 5.41) is 6.89. The van der Waals surface area contributed by atoms with Crippen LogP contribution in [-0.4, -0.2) is 32.3 Å². The molecule has 0 spiro atoms. The van der Waals surface area contributed by atoms with Crippen molar-refractivity contribution < 1.29 is 13.2 Å². The highest BCUT2D eigenvalue weighted by Crippen LogP contribution is 2.26. The fraction of sp³-hybridized carbons (Fsp3) is 0.250. The topological polar surface area (TPSA) is 84.1 Å². The van der Waals surface area contributed by atoms with E-state index in [0.717, 1.165) is 5.69 Å². The maximum absolute atomic E-state index is 12.2. The Morgan fingerprint density at radius 1 is 1.40 bits per heavy atom. The number of halogens is 1. The van der Waals surface area contributed by atoms with Gasteiger partial charge in [-0.2, -0.15) is 5.10 Å². The number of ether oxygens (including phenoxy) is 1. The van der Waals surface area contributed by atoms with Crippen molar-refractivity contribution in [2.75, 3.05) is 13.7 Å². The first-order valence-electron chi connectivity index (χ1n) is 5.84. The van der Waals surface area contributed by atoms with E-state index in [-0.39, 0.29) is 17.2 Å². The Morgan fingerprint density at radius 2 is 2.20 bits per heavy atom. The first-order chi connectivity index (χ1) is 9.53. The van der Waals surface area contributed by atoms with Crippen molar-refractivity contribution >= 4 is 21.6 Å². The summed E-state index contributed by atoms with van der Waals surface area (Å²) in [7, 11) is -2.26. The lowest BCUT2D eigenvalue weighted by Gasteiger charge is -2.10. The van der Waals surface area contributed by atoms with Gasteiger partial charge in [-0.15, -0.1) is 0 Å². The zero-order chi connectivity index (χ0) is 14.6. The molecule has 2 N–H and O–H groups in total. The van der Waals surface area contributed by atoms with Gasteiger partial charge in [-0.05, 0) is 24.3 Å². The number of hydrogen-bond donors (Lipinski definition) is 2. The maximum atomic E-state index is 12.2. The van der Waals surface area contributed by atoms with Crippen molar-refractivity contribution in [1.29, 1.82) is 0 Å². The van der Waals surface area contributed by atoms with Gasteiger partial charge >= 0.3 is 0 Å². The van der Waals surface area contributed by atoms with Crippen molar-refractivity contribution in [3.8, 4) is 5.75 Å². The molecule has 8 heteroatoms. The van der Waals surface area contributed by atoms with Crippen LogP contribution in [0.4, 0.5) is 0 Å². The molecule has 0 unspecified atom stereocenters. The molecule has 2 aromatic rings. The van der Waals surface area contributed by atoms with Gasteiger partial charge in [0.15, 0.2) is 0 Å². The highest BCUT2D eigenvalue weighted by atomic mass is 35.5. The number of aromatic nitrogens is 2. The van der Waals surface area contributed by atoms with Gasteiger partial charge in [0.2, 0.25) is 10.0 Å². The third-order valence-corrected chi connectivity index (χ3v) is 4.38. The second kappa shape index (κ2) is 6.25. The van der Waals surface area contributed by atoms with Crippen LogP contribution in [0, 0.1) is 0 Å². The molecule has 0 aliphatic heterocycles. The lowest BCUT2D eigenvalue weighted by molar-refractivity contribution is 0.402. The van der Waals surface area contributed by atoms with Crippen LogP contribution < -0.4 is 9.46 Å². The average molecular weight is 316 g/mol. The average Bonchev–Trinajstić information content (AvgIpc) is 2.91. The molecule has 2 rings (SSSR count). The predicted octanol–water partition coefficient (Wildman–Crippen LogP) is 1.59. The second-order valence-electron chi connectivity index (χ2n) is 4.02. The summed E-state index contributed by atoms with van der Waals surface area (Å²) in [4.78, 5) is 0.0251. The van der Waals surface area contributed by atoms with Gasteiger partial charge in [-0.3, -0.25) is 5.10 Å². The lowest BCUT2D eigenvalue weighted by Crippen LogP contribution is -2.26. The van der Waals surface area contributed by atoms with Crippen LogP contribution >= 0.6 is 11.6 Å². The van der Waals surface area contributed by atoms with Crippen LogP contribution in [0.3, 0.4) is 0 Å². The van der Waals surface area contributed by atoms with Crippen molar-refractivity contribution in [3.63, 3.8) is 0 Å². The molecule has 0 atom stereocenters. The minimum Gasteiger partial charge on any atom is -0.495 e. The Bertz CT molecular complexity index is 671. The number of methoxy groups -OCH3 is 1. The highest BCUT2D eigenvalue weighted by Gasteiger charge is 2.19. The number of sulfonamides is 1. The zero-order valence-electron chi connectivity index (χ0n) is 10.8. The number of nitrogens with zero attached hydrogens (tertiary/aromatic N) is 1. The lowest BCUT2D eigenvalue weighted by atomic mass is 10.3. The van der Waals surface area contributed by atoms with Gasteiger partial charge in [0, 0.05) is 29.9 Å². The van der Waals surface area contributed by atoms with Gasteiger partial charge < -0.3 is 4.74 Å². The summed E-state index contributed by atoms with van der Waals surface area (Å²) in [5.41, 5.74) is 0.853. The van der Waals surface area contributed by atoms with Gasteiger partial charge in [-0.25, -0.2) is 13.1 Å². The molecule has 6 nitrogen and oxygen atoms in total. The molecule has 1 aromatic heterocycles. The molecular formula is C12H14ClN3O3S. The summed E-state index contributed by atoms with van der Waals surface area (Å²) >= 11 is 5.83. The maximum Gasteiger partial charge on any atom is 0.244 e. The fourth-order valence-electron chi connectivity index (χ4n) is 1.68. The molecule has 0 amide bonds. The Balaban J connectivity index is 2.11. The van der Waals surface area contributed by atoms with Crippen LogP contribution in [-0.2, 0) is 16.4 Å². The number of nitrogens with one attached hydrogen (secondary N) is 2. The van der Waals surface area contributed by atoms with Gasteiger partial charge in [0.25, 0.3) is 0 Å². The normalized spacial score (nSPS) is 11.5. The van der Waals surface area contributed by atoms with Crippen LogP contribution in [0.5, 0.6) is 5.75 Å². The molecule has 1 heterocycles. The molecule has 0 saturated heterocycles. The first kappa shape index (κ1) is 14.8. The first-order valence-corrected chi connectivity index (χ1v) is 7.70. The number of H-pyrrole nitrogens is 1. The Hall–Kier alpha value is -1.57. The number of aromatic amines is 1. The Morgan fingerprint density at radius 3 is 2.85 bits per heavy atom. The fourth-order valence-corrected chi connectivity index (χ4v) is 3.14. The minimum atomic E-state index is -3.67. The summed E-state index contributed by atoms with van der Waals surface area (Å²) in [6.45, 7) is 0.250. The summed E-state index contributed by atoms with van der Waals surface area (Å²) in [6.07, 6.45) is 2.13. The van der Waals surface area contributed by atoms with Crippen molar-refractivity contribution in [2.45, 2.75) is 11.3 Å². The van der Waals surface area contributed by atoms with E-state index in [0.29, 0.717) is 11.4 Å². The van der Waals surface area contributed by atoms with Crippen LogP contribution in [0.2, 0.25) is 5.02 Å². The van der Waals surface area contributed by atoms with Crippen LogP contribution in [0.1, 0.15) is 5.69 Å².